The van der Waals surface area contributed by atoms with Crippen molar-refractivity contribution in [3.63, 3.8) is 0 Å². The van der Waals surface area contributed by atoms with Gasteiger partial charge in [-0.1, -0.05) is 43.7 Å². The molecule has 2 aromatic rings. The average molecular weight is 401 g/mol. The number of aryl methyl sites for hydroxylation is 1. The predicted molar refractivity (Wildman–Crippen MR) is 112 cm³/mol. The van der Waals surface area contributed by atoms with Crippen molar-refractivity contribution < 1.29 is 13.2 Å². The number of anilines is 1. The summed E-state index contributed by atoms with van der Waals surface area (Å²) in [6.07, 6.45) is 1.04. The fourth-order valence-electron chi connectivity index (χ4n) is 3.74. The summed E-state index contributed by atoms with van der Waals surface area (Å²) in [6.45, 7) is 7.33. The van der Waals surface area contributed by atoms with Crippen LogP contribution < -0.4 is 5.32 Å². The number of nitrogens with one attached hydrogen (secondary N) is 1. The monoisotopic (exact) mass is 400 g/mol. The topological polar surface area (TPSA) is 66.5 Å². The van der Waals surface area contributed by atoms with Crippen LogP contribution in [-0.4, -0.2) is 38.1 Å². The summed E-state index contributed by atoms with van der Waals surface area (Å²) < 4.78 is 27.7. The van der Waals surface area contributed by atoms with Gasteiger partial charge in [0.05, 0.1) is 11.4 Å². The summed E-state index contributed by atoms with van der Waals surface area (Å²) in [7, 11) is -3.60. The zero-order chi connectivity index (χ0) is 20.3. The van der Waals surface area contributed by atoms with Gasteiger partial charge in [-0.2, -0.15) is 4.31 Å². The van der Waals surface area contributed by atoms with Crippen LogP contribution in [-0.2, 0) is 10.0 Å². The molecule has 1 N–H and O–H groups in total. The molecule has 1 heterocycles. The highest BCUT2D eigenvalue weighted by Crippen LogP contribution is 2.27. The predicted octanol–water partition coefficient (Wildman–Crippen LogP) is 3.96. The Morgan fingerprint density at radius 1 is 1.07 bits per heavy atom. The number of ketones is 1. The van der Waals surface area contributed by atoms with Crippen LogP contribution in [0, 0.1) is 18.8 Å². The molecule has 2 atom stereocenters. The molecule has 3 rings (SSSR count). The van der Waals surface area contributed by atoms with Crippen LogP contribution in [0.25, 0.3) is 0 Å². The van der Waals surface area contributed by atoms with Gasteiger partial charge in [-0.25, -0.2) is 8.42 Å². The number of Topliss-reactive ketones (excluding diaryl/α,β-unsaturated/α-hetero) is 1. The lowest BCUT2D eigenvalue weighted by molar-refractivity contribution is 0.101. The molecular formula is C22H28N2O3S. The third-order valence-electron chi connectivity index (χ3n) is 5.13. The van der Waals surface area contributed by atoms with E-state index >= 15 is 0 Å². The standard InChI is InChI=1S/C22H28N2O3S/c1-16-7-9-20(10-8-16)23-13-22(25)19-5-4-6-21(12-19)28(26,27)24-14-17(2)11-18(3)15-24/h4-10,12,17-18,23H,11,13-15H2,1-3H3. The lowest BCUT2D eigenvalue weighted by atomic mass is 9.94. The Balaban J connectivity index is 1.73. The molecule has 0 aliphatic carbocycles. The van der Waals surface area contributed by atoms with Crippen molar-refractivity contribution >= 4 is 21.5 Å². The van der Waals surface area contributed by atoms with Gasteiger partial charge >= 0.3 is 0 Å². The van der Waals surface area contributed by atoms with Crippen LogP contribution in [0.1, 0.15) is 36.2 Å². The summed E-state index contributed by atoms with van der Waals surface area (Å²) in [5.41, 5.74) is 2.41. The highest BCUT2D eigenvalue weighted by Gasteiger charge is 2.31. The van der Waals surface area contributed by atoms with E-state index in [1.807, 2.05) is 31.2 Å². The average Bonchev–Trinajstić information content (AvgIpc) is 2.66. The Bertz CT molecular complexity index is 929. The van der Waals surface area contributed by atoms with Gasteiger partial charge in [0.25, 0.3) is 0 Å². The third kappa shape index (κ3) is 4.80. The first-order chi connectivity index (χ1) is 13.3. The number of nitrogens with zero attached hydrogens (tertiary/aromatic N) is 1. The number of hydrogen-bond donors (Lipinski definition) is 1. The second-order valence-corrected chi connectivity index (χ2v) is 9.88. The van der Waals surface area contributed by atoms with Crippen LogP contribution in [0.15, 0.2) is 53.4 Å². The molecule has 0 radical (unpaired) electrons. The van der Waals surface area contributed by atoms with Gasteiger partial charge in [-0.05, 0) is 49.4 Å². The fourth-order valence-corrected chi connectivity index (χ4v) is 5.46. The highest BCUT2D eigenvalue weighted by molar-refractivity contribution is 7.89. The molecule has 150 valence electrons. The Kier molecular flexibility index (Phi) is 6.20. The molecule has 2 unspecified atom stereocenters. The molecule has 1 saturated heterocycles. The van der Waals surface area contributed by atoms with Crippen molar-refractivity contribution in [1.29, 1.82) is 0 Å². The maximum atomic E-state index is 13.1. The molecule has 1 fully saturated rings. The largest absolute Gasteiger partial charge is 0.378 e. The molecule has 5 nitrogen and oxygen atoms in total. The maximum Gasteiger partial charge on any atom is 0.243 e. The molecule has 0 aromatic heterocycles. The first-order valence-corrected chi connectivity index (χ1v) is 11.1. The molecular weight excluding hydrogens is 372 g/mol. The molecule has 0 amide bonds. The summed E-state index contributed by atoms with van der Waals surface area (Å²) >= 11 is 0. The van der Waals surface area contributed by atoms with E-state index < -0.39 is 10.0 Å². The Labute approximate surface area is 167 Å². The van der Waals surface area contributed by atoms with Gasteiger partial charge < -0.3 is 5.32 Å². The number of sulfonamides is 1. The molecule has 6 heteroatoms. The Morgan fingerprint density at radius 3 is 2.36 bits per heavy atom. The number of carbonyl (C=O) groups excluding carboxylic acids is 1. The molecule has 1 aliphatic heterocycles. The van der Waals surface area contributed by atoms with Crippen LogP contribution >= 0.6 is 0 Å². The minimum Gasteiger partial charge on any atom is -0.378 e. The van der Waals surface area contributed by atoms with E-state index in [0.717, 1.165) is 17.7 Å². The number of carbonyl (C=O) groups is 1. The number of benzene rings is 2. The quantitative estimate of drug-likeness (QED) is 0.746. The zero-order valence-corrected chi connectivity index (χ0v) is 17.5. The van der Waals surface area contributed by atoms with E-state index in [1.54, 1.807) is 22.5 Å². The van der Waals surface area contributed by atoms with Crippen molar-refractivity contribution in [3.05, 3.63) is 59.7 Å². The minimum absolute atomic E-state index is 0.115. The van der Waals surface area contributed by atoms with Gasteiger partial charge in [0, 0.05) is 24.3 Å². The first kappa shape index (κ1) is 20.6. The summed E-state index contributed by atoms with van der Waals surface area (Å²) in [4.78, 5) is 12.8. The summed E-state index contributed by atoms with van der Waals surface area (Å²) in [6, 6.07) is 14.2. The van der Waals surface area contributed by atoms with E-state index in [9.17, 15) is 13.2 Å². The van der Waals surface area contributed by atoms with E-state index in [4.69, 9.17) is 0 Å². The third-order valence-corrected chi connectivity index (χ3v) is 6.96. The normalized spacial score (nSPS) is 20.7. The van der Waals surface area contributed by atoms with Crippen LogP contribution in [0.2, 0.25) is 0 Å². The van der Waals surface area contributed by atoms with Crippen LogP contribution in [0.3, 0.4) is 0 Å². The van der Waals surface area contributed by atoms with E-state index in [2.05, 4.69) is 19.2 Å². The molecule has 0 spiro atoms. The van der Waals surface area contributed by atoms with Crippen molar-refractivity contribution in [1.82, 2.24) is 4.31 Å². The van der Waals surface area contributed by atoms with Gasteiger partial charge in [-0.15, -0.1) is 0 Å². The SMILES string of the molecule is Cc1ccc(NCC(=O)c2cccc(S(=O)(=O)N3CC(C)CC(C)C3)c2)cc1. The number of rotatable bonds is 6. The highest BCUT2D eigenvalue weighted by atomic mass is 32.2. The van der Waals surface area contributed by atoms with Crippen molar-refractivity contribution in [2.75, 3.05) is 25.0 Å². The Hall–Kier alpha value is -2.18. The zero-order valence-electron chi connectivity index (χ0n) is 16.7. The molecule has 28 heavy (non-hydrogen) atoms. The molecule has 0 bridgehead atoms. The van der Waals surface area contributed by atoms with Crippen molar-refractivity contribution in [2.24, 2.45) is 11.8 Å². The van der Waals surface area contributed by atoms with Gasteiger partial charge in [0.15, 0.2) is 5.78 Å². The molecule has 0 saturated carbocycles. The molecule has 2 aromatic carbocycles. The van der Waals surface area contributed by atoms with Crippen LogP contribution in [0.4, 0.5) is 5.69 Å². The van der Waals surface area contributed by atoms with Gasteiger partial charge in [-0.3, -0.25) is 4.79 Å². The lowest BCUT2D eigenvalue weighted by Crippen LogP contribution is -2.42. The van der Waals surface area contributed by atoms with Crippen molar-refractivity contribution in [3.8, 4) is 0 Å². The van der Waals surface area contributed by atoms with E-state index in [0.29, 0.717) is 30.5 Å². The summed E-state index contributed by atoms with van der Waals surface area (Å²) in [5, 5.41) is 3.09. The maximum absolute atomic E-state index is 13.1. The van der Waals surface area contributed by atoms with E-state index in [-0.39, 0.29) is 17.2 Å². The van der Waals surface area contributed by atoms with Crippen molar-refractivity contribution in [2.45, 2.75) is 32.1 Å². The van der Waals surface area contributed by atoms with Gasteiger partial charge in [0.1, 0.15) is 0 Å². The lowest BCUT2D eigenvalue weighted by Gasteiger charge is -2.34. The minimum atomic E-state index is -3.60. The van der Waals surface area contributed by atoms with Crippen LogP contribution in [0.5, 0.6) is 0 Å². The second kappa shape index (κ2) is 8.45. The smallest absolute Gasteiger partial charge is 0.243 e. The summed E-state index contributed by atoms with van der Waals surface area (Å²) in [5.74, 6) is 0.530. The number of hydrogen-bond acceptors (Lipinski definition) is 4. The Morgan fingerprint density at radius 2 is 1.71 bits per heavy atom. The fraction of sp³-hybridized carbons (Fsp3) is 0.409. The number of piperidine rings is 1. The van der Waals surface area contributed by atoms with E-state index in [1.165, 1.54) is 6.07 Å². The second-order valence-electron chi connectivity index (χ2n) is 7.94. The molecule has 1 aliphatic rings. The first-order valence-electron chi connectivity index (χ1n) is 9.69. The van der Waals surface area contributed by atoms with Gasteiger partial charge in [0.2, 0.25) is 10.0 Å².